The minimum atomic E-state index is -0.203. The van der Waals surface area contributed by atoms with Gasteiger partial charge in [-0.2, -0.15) is 0 Å². The van der Waals surface area contributed by atoms with E-state index in [1.54, 1.807) is 17.2 Å². The fraction of sp³-hybridized carbons (Fsp3) is 0.632. The van der Waals surface area contributed by atoms with E-state index in [0.717, 1.165) is 44.3 Å². The molecule has 134 valence electrons. The van der Waals surface area contributed by atoms with Crippen LogP contribution in [0.1, 0.15) is 57.3 Å². The van der Waals surface area contributed by atoms with Crippen LogP contribution in [0.25, 0.3) is 0 Å². The van der Waals surface area contributed by atoms with Crippen molar-refractivity contribution in [3.05, 3.63) is 24.2 Å². The predicted octanol–water partition coefficient (Wildman–Crippen LogP) is 2.51. The van der Waals surface area contributed by atoms with Gasteiger partial charge in [0, 0.05) is 6.04 Å². The summed E-state index contributed by atoms with van der Waals surface area (Å²) in [6.07, 6.45) is 7.05. The minimum absolute atomic E-state index is 0.133. The first-order chi connectivity index (χ1) is 12.1. The van der Waals surface area contributed by atoms with Crippen LogP contribution < -0.4 is 0 Å². The number of carbonyl (C=O) groups excluding carboxylic acids is 3. The van der Waals surface area contributed by atoms with E-state index in [2.05, 4.69) is 0 Å². The Kier molecular flexibility index (Phi) is 4.13. The number of rotatable bonds is 5. The van der Waals surface area contributed by atoms with Crippen molar-refractivity contribution < 1.29 is 18.8 Å². The van der Waals surface area contributed by atoms with Crippen molar-refractivity contribution in [3.8, 4) is 0 Å². The highest BCUT2D eigenvalue weighted by Crippen LogP contribution is 2.39. The second kappa shape index (κ2) is 6.32. The first-order valence-corrected chi connectivity index (χ1v) is 9.27. The topological polar surface area (TPSA) is 70.8 Å². The Balaban J connectivity index is 1.50. The maximum atomic E-state index is 13.0. The van der Waals surface area contributed by atoms with E-state index in [1.807, 2.05) is 13.0 Å². The lowest BCUT2D eigenvalue weighted by molar-refractivity contribution is -0.147. The zero-order valence-corrected chi connectivity index (χ0v) is 14.5. The number of imide groups is 1. The summed E-state index contributed by atoms with van der Waals surface area (Å²) in [5.74, 6) is -0.134. The van der Waals surface area contributed by atoms with Crippen molar-refractivity contribution in [1.29, 1.82) is 0 Å². The lowest BCUT2D eigenvalue weighted by Crippen LogP contribution is -2.45. The Hall–Kier alpha value is -2.11. The van der Waals surface area contributed by atoms with Crippen molar-refractivity contribution in [2.45, 2.75) is 57.5 Å². The van der Waals surface area contributed by atoms with Gasteiger partial charge in [-0.05, 0) is 44.7 Å². The summed E-state index contributed by atoms with van der Waals surface area (Å²) >= 11 is 0. The number of furan rings is 1. The molecule has 0 bridgehead atoms. The molecule has 0 N–H and O–H groups in total. The van der Waals surface area contributed by atoms with Crippen LogP contribution in [0.5, 0.6) is 0 Å². The molecule has 0 aromatic carbocycles. The van der Waals surface area contributed by atoms with E-state index in [0.29, 0.717) is 0 Å². The van der Waals surface area contributed by atoms with Gasteiger partial charge in [-0.1, -0.05) is 12.8 Å². The van der Waals surface area contributed by atoms with Crippen LogP contribution in [0.2, 0.25) is 0 Å². The molecule has 3 aliphatic rings. The average Bonchev–Trinajstić information content (AvgIpc) is 3.22. The maximum absolute atomic E-state index is 13.0. The number of likely N-dealkylation sites (tertiary alicyclic amines) is 1. The molecule has 3 atom stereocenters. The summed E-state index contributed by atoms with van der Waals surface area (Å²) in [6, 6.07) is 3.65. The number of fused-ring (bicyclic) bond motifs is 1. The second-order valence-corrected chi connectivity index (χ2v) is 7.48. The lowest BCUT2D eigenvalue weighted by Gasteiger charge is -2.29. The predicted molar refractivity (Wildman–Crippen MR) is 89.2 cm³/mol. The number of hydrogen-bond donors (Lipinski definition) is 0. The van der Waals surface area contributed by atoms with E-state index in [4.69, 9.17) is 4.42 Å². The monoisotopic (exact) mass is 344 g/mol. The molecular formula is C19H24N2O4. The highest BCUT2D eigenvalue weighted by Gasteiger charge is 2.49. The van der Waals surface area contributed by atoms with E-state index in [9.17, 15) is 14.4 Å². The highest BCUT2D eigenvalue weighted by molar-refractivity contribution is 6.07. The van der Waals surface area contributed by atoms with Crippen LogP contribution in [0.3, 0.4) is 0 Å². The van der Waals surface area contributed by atoms with E-state index in [1.165, 1.54) is 4.90 Å². The van der Waals surface area contributed by atoms with Gasteiger partial charge < -0.3 is 9.32 Å². The van der Waals surface area contributed by atoms with Gasteiger partial charge in [0.1, 0.15) is 12.3 Å². The first-order valence-electron chi connectivity index (χ1n) is 9.27. The van der Waals surface area contributed by atoms with E-state index < -0.39 is 0 Å². The minimum Gasteiger partial charge on any atom is -0.467 e. The molecule has 1 aromatic rings. The van der Waals surface area contributed by atoms with Crippen LogP contribution in [0, 0.1) is 11.8 Å². The SMILES string of the molecule is CC(c1ccco1)N(C(=O)CN1C(=O)C2CCCCC2C1=O)C1CC1. The maximum Gasteiger partial charge on any atom is 0.243 e. The van der Waals surface area contributed by atoms with Crippen molar-refractivity contribution >= 4 is 17.7 Å². The van der Waals surface area contributed by atoms with Gasteiger partial charge in [0.05, 0.1) is 24.1 Å². The summed E-state index contributed by atoms with van der Waals surface area (Å²) in [5.41, 5.74) is 0. The molecule has 0 spiro atoms. The molecule has 3 amide bonds. The van der Waals surface area contributed by atoms with Crippen molar-refractivity contribution in [3.63, 3.8) is 0 Å². The highest BCUT2D eigenvalue weighted by atomic mass is 16.3. The summed E-state index contributed by atoms with van der Waals surface area (Å²) in [5, 5.41) is 0. The molecule has 1 aromatic heterocycles. The molecule has 2 heterocycles. The molecule has 3 fully saturated rings. The molecule has 3 unspecified atom stereocenters. The number of carbonyl (C=O) groups is 3. The molecule has 6 nitrogen and oxygen atoms in total. The molecule has 1 saturated heterocycles. The van der Waals surface area contributed by atoms with Gasteiger partial charge in [0.2, 0.25) is 17.7 Å². The molecule has 1 aliphatic heterocycles. The van der Waals surface area contributed by atoms with Gasteiger partial charge in [0.25, 0.3) is 0 Å². The standard InChI is InChI=1S/C19H24N2O4/c1-12(16-7-4-10-25-16)21(13-8-9-13)17(22)11-20-18(23)14-5-2-3-6-15(14)19(20)24/h4,7,10,12-15H,2-3,5-6,8-9,11H2,1H3. The Bertz CT molecular complexity index is 656. The summed E-state index contributed by atoms with van der Waals surface area (Å²) < 4.78 is 5.45. The van der Waals surface area contributed by atoms with Gasteiger partial charge in [0.15, 0.2) is 0 Å². The fourth-order valence-corrected chi connectivity index (χ4v) is 4.36. The van der Waals surface area contributed by atoms with Crippen molar-refractivity contribution in [2.24, 2.45) is 11.8 Å². The Morgan fingerprint density at radius 2 is 1.84 bits per heavy atom. The third-order valence-electron chi connectivity index (χ3n) is 5.83. The first kappa shape index (κ1) is 16.4. The summed E-state index contributed by atoms with van der Waals surface area (Å²) in [7, 11) is 0. The largest absolute Gasteiger partial charge is 0.467 e. The molecule has 2 aliphatic carbocycles. The van der Waals surface area contributed by atoms with Crippen LogP contribution in [0.15, 0.2) is 22.8 Å². The average molecular weight is 344 g/mol. The molecule has 2 saturated carbocycles. The van der Waals surface area contributed by atoms with Gasteiger partial charge in [-0.25, -0.2) is 0 Å². The normalized spacial score (nSPS) is 27.3. The van der Waals surface area contributed by atoms with E-state index in [-0.39, 0.29) is 48.2 Å². The van der Waals surface area contributed by atoms with Crippen LogP contribution in [0.4, 0.5) is 0 Å². The molecule has 0 radical (unpaired) electrons. The third-order valence-corrected chi connectivity index (χ3v) is 5.83. The van der Waals surface area contributed by atoms with Crippen LogP contribution >= 0.6 is 0 Å². The fourth-order valence-electron chi connectivity index (χ4n) is 4.36. The van der Waals surface area contributed by atoms with Gasteiger partial charge >= 0.3 is 0 Å². The van der Waals surface area contributed by atoms with Crippen LogP contribution in [-0.4, -0.2) is 40.1 Å². The molecular weight excluding hydrogens is 320 g/mol. The molecule has 25 heavy (non-hydrogen) atoms. The zero-order valence-electron chi connectivity index (χ0n) is 14.5. The Morgan fingerprint density at radius 3 is 2.36 bits per heavy atom. The Labute approximate surface area is 147 Å². The van der Waals surface area contributed by atoms with Gasteiger partial charge in [-0.3, -0.25) is 19.3 Å². The molecule has 4 rings (SSSR count). The quantitative estimate of drug-likeness (QED) is 0.770. The summed E-state index contributed by atoms with van der Waals surface area (Å²) in [4.78, 5) is 41.2. The number of nitrogens with zero attached hydrogens (tertiary/aromatic N) is 2. The number of amides is 3. The molecule has 6 heteroatoms. The van der Waals surface area contributed by atoms with Crippen molar-refractivity contribution in [1.82, 2.24) is 9.80 Å². The zero-order chi connectivity index (χ0) is 17.6. The lowest BCUT2D eigenvalue weighted by atomic mass is 9.81. The second-order valence-electron chi connectivity index (χ2n) is 7.48. The smallest absolute Gasteiger partial charge is 0.243 e. The van der Waals surface area contributed by atoms with Crippen molar-refractivity contribution in [2.75, 3.05) is 6.54 Å². The van der Waals surface area contributed by atoms with E-state index >= 15 is 0 Å². The van der Waals surface area contributed by atoms with Gasteiger partial charge in [-0.15, -0.1) is 0 Å². The summed E-state index contributed by atoms with van der Waals surface area (Å²) in [6.45, 7) is 1.80. The Morgan fingerprint density at radius 1 is 1.20 bits per heavy atom. The van der Waals surface area contributed by atoms with Crippen LogP contribution in [-0.2, 0) is 14.4 Å². The third kappa shape index (κ3) is 2.87. The number of hydrogen-bond acceptors (Lipinski definition) is 4.